The molecule has 3 heteroatoms. The van der Waals surface area contributed by atoms with Crippen molar-refractivity contribution in [2.75, 3.05) is 19.6 Å². The van der Waals surface area contributed by atoms with Crippen molar-refractivity contribution in [2.45, 2.75) is 57.9 Å². The third-order valence-corrected chi connectivity index (χ3v) is 4.13. The Kier molecular flexibility index (Phi) is 5.94. The van der Waals surface area contributed by atoms with Gasteiger partial charge >= 0.3 is 0 Å². The number of nitrogens with zero attached hydrogens (tertiary/aromatic N) is 2. The molecule has 0 aromatic rings. The standard InChI is InChI=1S/C14H27N3/c1-3-13-7-5-9-17(11-13)10-6-8-14(16,4-2)12-15/h13H,3-11,16H2,1-2H3. The minimum Gasteiger partial charge on any atom is -0.313 e. The van der Waals surface area contributed by atoms with E-state index in [2.05, 4.69) is 17.9 Å². The van der Waals surface area contributed by atoms with Crippen LogP contribution in [0.3, 0.4) is 0 Å². The highest BCUT2D eigenvalue weighted by Crippen LogP contribution is 2.20. The van der Waals surface area contributed by atoms with E-state index in [4.69, 9.17) is 11.0 Å². The van der Waals surface area contributed by atoms with Gasteiger partial charge in [-0.15, -0.1) is 0 Å². The van der Waals surface area contributed by atoms with Crippen LogP contribution in [-0.2, 0) is 0 Å². The van der Waals surface area contributed by atoms with Crippen LogP contribution in [0, 0.1) is 17.2 Å². The molecule has 1 heterocycles. The molecule has 1 aliphatic rings. The Morgan fingerprint density at radius 3 is 2.82 bits per heavy atom. The summed E-state index contributed by atoms with van der Waals surface area (Å²) in [7, 11) is 0. The highest BCUT2D eigenvalue weighted by atomic mass is 15.1. The largest absolute Gasteiger partial charge is 0.313 e. The third-order valence-electron chi connectivity index (χ3n) is 4.13. The summed E-state index contributed by atoms with van der Waals surface area (Å²) in [6.45, 7) is 7.86. The third kappa shape index (κ3) is 4.65. The molecule has 0 aliphatic carbocycles. The number of likely N-dealkylation sites (tertiary alicyclic amines) is 1. The topological polar surface area (TPSA) is 53.0 Å². The van der Waals surface area contributed by atoms with E-state index in [1.165, 1.54) is 32.4 Å². The van der Waals surface area contributed by atoms with Crippen molar-refractivity contribution >= 4 is 0 Å². The molecule has 0 bridgehead atoms. The molecule has 0 saturated carbocycles. The predicted molar refractivity (Wildman–Crippen MR) is 71.5 cm³/mol. The van der Waals surface area contributed by atoms with Crippen LogP contribution in [0.1, 0.15) is 52.4 Å². The van der Waals surface area contributed by atoms with Crippen LogP contribution in [0.4, 0.5) is 0 Å². The summed E-state index contributed by atoms with van der Waals surface area (Å²) in [6.07, 6.45) is 6.65. The maximum Gasteiger partial charge on any atom is 0.104 e. The molecule has 1 rings (SSSR count). The van der Waals surface area contributed by atoms with Crippen LogP contribution >= 0.6 is 0 Å². The van der Waals surface area contributed by atoms with Crippen molar-refractivity contribution in [1.82, 2.24) is 4.90 Å². The fourth-order valence-electron chi connectivity index (χ4n) is 2.62. The molecule has 1 aliphatic heterocycles. The van der Waals surface area contributed by atoms with Crippen LogP contribution in [0.15, 0.2) is 0 Å². The number of nitrogens with two attached hydrogens (primary N) is 1. The Morgan fingerprint density at radius 1 is 1.47 bits per heavy atom. The van der Waals surface area contributed by atoms with Gasteiger partial charge in [0.05, 0.1) is 6.07 Å². The number of nitriles is 1. The molecule has 1 saturated heterocycles. The van der Waals surface area contributed by atoms with Crippen LogP contribution < -0.4 is 5.73 Å². The molecule has 0 aromatic carbocycles. The smallest absolute Gasteiger partial charge is 0.104 e. The van der Waals surface area contributed by atoms with E-state index in [1.807, 2.05) is 6.92 Å². The lowest BCUT2D eigenvalue weighted by Crippen LogP contribution is -2.40. The van der Waals surface area contributed by atoms with Crippen LogP contribution in [-0.4, -0.2) is 30.1 Å². The summed E-state index contributed by atoms with van der Waals surface area (Å²) in [5.41, 5.74) is 5.39. The molecule has 0 aromatic heterocycles. The molecule has 1 fully saturated rings. The quantitative estimate of drug-likeness (QED) is 0.772. The second-order valence-corrected chi connectivity index (χ2v) is 5.44. The Balaban J connectivity index is 2.24. The highest BCUT2D eigenvalue weighted by molar-refractivity contribution is 5.03. The fourth-order valence-corrected chi connectivity index (χ4v) is 2.62. The van der Waals surface area contributed by atoms with Gasteiger partial charge in [-0.2, -0.15) is 5.26 Å². The van der Waals surface area contributed by atoms with Gasteiger partial charge in [0, 0.05) is 6.54 Å². The van der Waals surface area contributed by atoms with E-state index >= 15 is 0 Å². The average molecular weight is 237 g/mol. The molecule has 0 spiro atoms. The zero-order valence-electron chi connectivity index (χ0n) is 11.4. The molecule has 2 unspecified atom stereocenters. The lowest BCUT2D eigenvalue weighted by molar-refractivity contribution is 0.166. The summed E-state index contributed by atoms with van der Waals surface area (Å²) in [6, 6.07) is 2.25. The normalized spacial score (nSPS) is 25.2. The zero-order valence-corrected chi connectivity index (χ0v) is 11.4. The molecule has 3 nitrogen and oxygen atoms in total. The van der Waals surface area contributed by atoms with Gasteiger partial charge < -0.3 is 10.6 Å². The number of hydrogen-bond acceptors (Lipinski definition) is 3. The fraction of sp³-hybridized carbons (Fsp3) is 0.929. The van der Waals surface area contributed by atoms with E-state index in [0.717, 1.165) is 31.7 Å². The lowest BCUT2D eigenvalue weighted by Gasteiger charge is -2.32. The zero-order chi connectivity index (χ0) is 12.7. The summed E-state index contributed by atoms with van der Waals surface area (Å²) in [5, 5.41) is 9.01. The number of rotatable bonds is 6. The molecule has 98 valence electrons. The first-order valence-corrected chi connectivity index (χ1v) is 7.06. The maximum atomic E-state index is 9.01. The summed E-state index contributed by atoms with van der Waals surface area (Å²) >= 11 is 0. The van der Waals surface area contributed by atoms with Gasteiger partial charge in [-0.05, 0) is 51.1 Å². The van der Waals surface area contributed by atoms with Crippen molar-refractivity contribution in [3.05, 3.63) is 0 Å². The van der Waals surface area contributed by atoms with E-state index in [-0.39, 0.29) is 0 Å². The van der Waals surface area contributed by atoms with Crippen LogP contribution in [0.2, 0.25) is 0 Å². The van der Waals surface area contributed by atoms with E-state index in [0.29, 0.717) is 0 Å². The second-order valence-electron chi connectivity index (χ2n) is 5.44. The first-order valence-electron chi connectivity index (χ1n) is 7.06. The maximum absolute atomic E-state index is 9.01. The number of hydrogen-bond donors (Lipinski definition) is 1. The Labute approximate surface area is 106 Å². The molecule has 0 amide bonds. The molecule has 17 heavy (non-hydrogen) atoms. The first-order chi connectivity index (χ1) is 8.13. The van der Waals surface area contributed by atoms with Gasteiger partial charge in [0.1, 0.15) is 5.54 Å². The van der Waals surface area contributed by atoms with Gasteiger partial charge in [0.2, 0.25) is 0 Å². The van der Waals surface area contributed by atoms with Crippen molar-refractivity contribution in [3.8, 4) is 6.07 Å². The molecular weight excluding hydrogens is 210 g/mol. The SMILES string of the molecule is CCC1CCCN(CCCC(N)(C#N)CC)C1. The molecule has 2 N–H and O–H groups in total. The van der Waals surface area contributed by atoms with E-state index < -0.39 is 5.54 Å². The van der Waals surface area contributed by atoms with Gasteiger partial charge in [-0.25, -0.2) is 0 Å². The van der Waals surface area contributed by atoms with Gasteiger partial charge in [-0.1, -0.05) is 20.3 Å². The van der Waals surface area contributed by atoms with Crippen molar-refractivity contribution < 1.29 is 0 Å². The average Bonchev–Trinajstić information content (AvgIpc) is 2.39. The highest BCUT2D eigenvalue weighted by Gasteiger charge is 2.23. The predicted octanol–water partition coefficient (Wildman–Crippen LogP) is 2.52. The van der Waals surface area contributed by atoms with Gasteiger partial charge in [-0.3, -0.25) is 0 Å². The summed E-state index contributed by atoms with van der Waals surface area (Å²) < 4.78 is 0. The monoisotopic (exact) mass is 237 g/mol. The minimum atomic E-state index is -0.597. The van der Waals surface area contributed by atoms with Crippen LogP contribution in [0.5, 0.6) is 0 Å². The Morgan fingerprint density at radius 2 is 2.24 bits per heavy atom. The molecule has 0 radical (unpaired) electrons. The Hall–Kier alpha value is -0.590. The van der Waals surface area contributed by atoms with E-state index in [9.17, 15) is 0 Å². The second kappa shape index (κ2) is 6.98. The minimum absolute atomic E-state index is 0.597. The van der Waals surface area contributed by atoms with Crippen molar-refractivity contribution in [1.29, 1.82) is 5.26 Å². The molecule has 2 atom stereocenters. The Bertz CT molecular complexity index is 259. The lowest BCUT2D eigenvalue weighted by atomic mass is 9.92. The van der Waals surface area contributed by atoms with Gasteiger partial charge in [0.25, 0.3) is 0 Å². The number of piperidine rings is 1. The molecular formula is C14H27N3. The first kappa shape index (κ1) is 14.5. The van der Waals surface area contributed by atoms with Gasteiger partial charge in [0.15, 0.2) is 0 Å². The van der Waals surface area contributed by atoms with E-state index in [1.54, 1.807) is 0 Å². The van der Waals surface area contributed by atoms with Crippen LogP contribution in [0.25, 0.3) is 0 Å². The van der Waals surface area contributed by atoms with Crippen molar-refractivity contribution in [2.24, 2.45) is 11.7 Å². The summed E-state index contributed by atoms with van der Waals surface area (Å²) in [4.78, 5) is 2.55. The summed E-state index contributed by atoms with van der Waals surface area (Å²) in [5.74, 6) is 0.883. The van der Waals surface area contributed by atoms with Crippen molar-refractivity contribution in [3.63, 3.8) is 0 Å².